The summed E-state index contributed by atoms with van der Waals surface area (Å²) in [4.78, 5) is 10.4. The first-order valence-corrected chi connectivity index (χ1v) is 10.4. The fourth-order valence-corrected chi connectivity index (χ4v) is 4.22. The van der Waals surface area contributed by atoms with E-state index in [9.17, 15) is 5.11 Å². The predicted octanol–water partition coefficient (Wildman–Crippen LogP) is 4.61. The van der Waals surface area contributed by atoms with Crippen LogP contribution in [0, 0.1) is 0 Å². The minimum Gasteiger partial charge on any atom is -0.508 e. The third-order valence-corrected chi connectivity index (χ3v) is 5.83. The van der Waals surface area contributed by atoms with Gasteiger partial charge in [-0.1, -0.05) is 25.1 Å². The third kappa shape index (κ3) is 3.29. The van der Waals surface area contributed by atoms with Crippen molar-refractivity contribution in [3.8, 4) is 28.4 Å². The van der Waals surface area contributed by atoms with Crippen LogP contribution in [-0.2, 0) is 6.42 Å². The van der Waals surface area contributed by atoms with Crippen LogP contribution in [0.5, 0.6) is 5.75 Å². The van der Waals surface area contributed by atoms with Crippen LogP contribution in [0.4, 0.5) is 0 Å². The number of aromatic hydroxyl groups is 1. The lowest BCUT2D eigenvalue weighted by Crippen LogP contribution is -2.25. The second kappa shape index (κ2) is 7.46. The summed E-state index contributed by atoms with van der Waals surface area (Å²) in [5.41, 5.74) is 7.48. The second-order valence-corrected chi connectivity index (χ2v) is 7.93. The molecule has 3 heterocycles. The van der Waals surface area contributed by atoms with Crippen molar-refractivity contribution in [3.63, 3.8) is 0 Å². The Bertz CT molecular complexity index is 1250. The van der Waals surface area contributed by atoms with Crippen molar-refractivity contribution in [1.29, 1.82) is 0 Å². The molecule has 6 nitrogen and oxygen atoms in total. The summed E-state index contributed by atoms with van der Waals surface area (Å²) >= 11 is 0. The van der Waals surface area contributed by atoms with E-state index < -0.39 is 0 Å². The molecule has 0 saturated heterocycles. The summed E-state index contributed by atoms with van der Waals surface area (Å²) in [6, 6.07) is 11.8. The summed E-state index contributed by atoms with van der Waals surface area (Å²) in [7, 11) is 2.14. The van der Waals surface area contributed by atoms with Gasteiger partial charge in [-0.15, -0.1) is 0 Å². The van der Waals surface area contributed by atoms with E-state index in [1.807, 2.05) is 18.3 Å². The molecule has 1 aliphatic heterocycles. The van der Waals surface area contributed by atoms with E-state index in [0.29, 0.717) is 5.75 Å². The van der Waals surface area contributed by atoms with Gasteiger partial charge in [-0.2, -0.15) is 5.10 Å². The number of nitrogens with one attached hydrogen (secondary N) is 2. The van der Waals surface area contributed by atoms with Crippen LogP contribution in [0.25, 0.3) is 39.1 Å². The number of H-pyrrole nitrogens is 2. The first-order valence-electron chi connectivity index (χ1n) is 10.4. The molecule has 152 valence electrons. The maximum absolute atomic E-state index is 9.79. The lowest BCUT2D eigenvalue weighted by Gasteiger charge is -2.21. The highest BCUT2D eigenvalue weighted by Gasteiger charge is 2.16. The molecule has 0 fully saturated rings. The highest BCUT2D eigenvalue weighted by atomic mass is 16.3. The number of phenols is 1. The molecular weight excluding hydrogens is 374 g/mol. The molecule has 6 heteroatoms. The van der Waals surface area contributed by atoms with Crippen LogP contribution in [-0.4, -0.2) is 50.3 Å². The number of aromatic amines is 2. The Morgan fingerprint density at radius 1 is 1.17 bits per heavy atom. The van der Waals surface area contributed by atoms with Crippen molar-refractivity contribution in [1.82, 2.24) is 25.1 Å². The molecule has 1 aliphatic rings. The quantitative estimate of drug-likeness (QED) is 0.468. The molecule has 0 unspecified atom stereocenters. The fourth-order valence-electron chi connectivity index (χ4n) is 4.22. The number of rotatable bonds is 4. The van der Waals surface area contributed by atoms with Crippen LogP contribution in [0.2, 0.25) is 0 Å². The van der Waals surface area contributed by atoms with Gasteiger partial charge in [0.2, 0.25) is 0 Å². The van der Waals surface area contributed by atoms with Gasteiger partial charge in [-0.25, -0.2) is 4.98 Å². The summed E-state index contributed by atoms with van der Waals surface area (Å²) < 4.78 is 0. The number of nitrogens with zero attached hydrogens (tertiary/aromatic N) is 3. The molecule has 0 amide bonds. The topological polar surface area (TPSA) is 80.8 Å². The molecule has 30 heavy (non-hydrogen) atoms. The van der Waals surface area contributed by atoms with Crippen LogP contribution >= 0.6 is 0 Å². The number of hydrogen-bond donors (Lipinski definition) is 3. The Kier molecular flexibility index (Phi) is 4.64. The second-order valence-electron chi connectivity index (χ2n) is 7.93. The molecule has 0 radical (unpaired) electrons. The first-order chi connectivity index (χ1) is 14.6. The van der Waals surface area contributed by atoms with E-state index in [1.165, 1.54) is 5.57 Å². The lowest BCUT2D eigenvalue weighted by atomic mass is 9.97. The van der Waals surface area contributed by atoms with E-state index >= 15 is 0 Å². The minimum atomic E-state index is 0.299. The van der Waals surface area contributed by atoms with E-state index in [0.717, 1.165) is 70.7 Å². The van der Waals surface area contributed by atoms with E-state index in [-0.39, 0.29) is 0 Å². The molecule has 0 bridgehead atoms. The monoisotopic (exact) mass is 399 g/mol. The average Bonchev–Trinajstić information content (AvgIpc) is 3.40. The van der Waals surface area contributed by atoms with Gasteiger partial charge in [0, 0.05) is 18.5 Å². The Balaban J connectivity index is 1.50. The van der Waals surface area contributed by atoms with Crippen LogP contribution in [0.3, 0.4) is 0 Å². The largest absolute Gasteiger partial charge is 0.508 e. The van der Waals surface area contributed by atoms with Crippen LogP contribution < -0.4 is 0 Å². The van der Waals surface area contributed by atoms with Crippen molar-refractivity contribution >= 4 is 16.5 Å². The molecule has 0 aliphatic carbocycles. The van der Waals surface area contributed by atoms with Crippen molar-refractivity contribution in [3.05, 3.63) is 59.9 Å². The van der Waals surface area contributed by atoms with E-state index in [2.05, 4.69) is 63.3 Å². The van der Waals surface area contributed by atoms with Gasteiger partial charge in [0.05, 0.1) is 17.4 Å². The highest BCUT2D eigenvalue weighted by Crippen LogP contribution is 2.32. The zero-order valence-electron chi connectivity index (χ0n) is 17.2. The molecule has 2 aromatic heterocycles. The predicted molar refractivity (Wildman–Crippen MR) is 120 cm³/mol. The standard InChI is InChI=1S/C24H25N5O/c1-3-15-11-18(30)7-9-19(15)16-6-8-20-21(12-16)27-28-23(20)24-25-13-22(26-24)17-5-4-10-29(2)14-17/h5-9,11-13,30H,3-4,10,14H2,1-2H3,(H,25,26)(H,27,28). The van der Waals surface area contributed by atoms with Gasteiger partial charge in [0.15, 0.2) is 5.82 Å². The molecule has 0 saturated carbocycles. The maximum atomic E-state index is 9.79. The maximum Gasteiger partial charge on any atom is 0.159 e. The van der Waals surface area contributed by atoms with Gasteiger partial charge >= 0.3 is 0 Å². The normalized spacial score (nSPS) is 14.9. The molecule has 3 N–H and O–H groups in total. The summed E-state index contributed by atoms with van der Waals surface area (Å²) in [6.07, 6.45) is 6.11. The Morgan fingerprint density at radius 3 is 2.90 bits per heavy atom. The zero-order chi connectivity index (χ0) is 20.7. The molecule has 0 atom stereocenters. The van der Waals surface area contributed by atoms with Crippen LogP contribution in [0.1, 0.15) is 24.6 Å². The van der Waals surface area contributed by atoms with Gasteiger partial charge in [-0.05, 0) is 66.4 Å². The number of aromatic nitrogens is 4. The fraction of sp³-hybridized carbons (Fsp3) is 0.250. The van der Waals surface area contributed by atoms with Gasteiger partial charge in [0.25, 0.3) is 0 Å². The van der Waals surface area contributed by atoms with Crippen molar-refractivity contribution in [2.75, 3.05) is 20.1 Å². The number of likely N-dealkylation sites (N-methyl/N-ethyl adjacent to an activating group) is 1. The van der Waals surface area contributed by atoms with Crippen LogP contribution in [0.15, 0.2) is 48.7 Å². The minimum absolute atomic E-state index is 0.299. The SMILES string of the molecule is CCc1cc(O)ccc1-c1ccc2c(-c3ncc(C4=CCCN(C)C4)[nH]3)n[nH]c2c1. The average molecular weight is 399 g/mol. The van der Waals surface area contributed by atoms with E-state index in [4.69, 9.17) is 0 Å². The zero-order valence-corrected chi connectivity index (χ0v) is 17.2. The first kappa shape index (κ1) is 18.6. The number of phenolic OH excluding ortho intramolecular Hbond substituents is 1. The van der Waals surface area contributed by atoms with Gasteiger partial charge < -0.3 is 15.0 Å². The molecule has 2 aromatic carbocycles. The highest BCUT2D eigenvalue weighted by molar-refractivity contribution is 5.94. The van der Waals surface area contributed by atoms with Crippen molar-refractivity contribution < 1.29 is 5.11 Å². The Morgan fingerprint density at radius 2 is 2.07 bits per heavy atom. The van der Waals surface area contributed by atoms with Crippen molar-refractivity contribution in [2.45, 2.75) is 19.8 Å². The molecule has 5 rings (SSSR count). The van der Waals surface area contributed by atoms with E-state index in [1.54, 1.807) is 6.07 Å². The Labute approximate surface area is 175 Å². The molecular formula is C24H25N5O. The smallest absolute Gasteiger partial charge is 0.159 e. The number of benzene rings is 2. The number of hydrogen-bond acceptors (Lipinski definition) is 4. The summed E-state index contributed by atoms with van der Waals surface area (Å²) in [5, 5.41) is 18.5. The van der Waals surface area contributed by atoms with Crippen molar-refractivity contribution in [2.24, 2.45) is 0 Å². The lowest BCUT2D eigenvalue weighted by molar-refractivity contribution is 0.372. The summed E-state index contributed by atoms with van der Waals surface area (Å²) in [6.45, 7) is 4.12. The number of imidazole rings is 1. The van der Waals surface area contributed by atoms with Gasteiger partial charge in [-0.3, -0.25) is 5.10 Å². The Hall–Kier alpha value is -3.38. The number of fused-ring (bicyclic) bond motifs is 1. The van der Waals surface area contributed by atoms with Gasteiger partial charge in [0.1, 0.15) is 11.4 Å². The summed E-state index contributed by atoms with van der Waals surface area (Å²) in [5.74, 6) is 1.07. The molecule has 4 aromatic rings. The number of aryl methyl sites for hydroxylation is 1. The third-order valence-electron chi connectivity index (χ3n) is 5.83. The molecule has 0 spiro atoms.